The van der Waals surface area contributed by atoms with Gasteiger partial charge in [-0.25, -0.2) is 8.42 Å². The molecule has 2 rings (SSSR count). The molecule has 2 aromatic rings. The first kappa shape index (κ1) is 19.4. The maximum absolute atomic E-state index is 12.3. The normalized spacial score (nSPS) is 11.7. The van der Waals surface area contributed by atoms with Crippen LogP contribution in [0.15, 0.2) is 53.4 Å². The molecule has 0 atom stereocenters. The van der Waals surface area contributed by atoms with Crippen LogP contribution in [0.2, 0.25) is 0 Å². The topological polar surface area (TPSA) is 92.3 Å². The van der Waals surface area contributed by atoms with Gasteiger partial charge in [-0.3, -0.25) is 9.59 Å². The predicted octanol–water partition coefficient (Wildman–Crippen LogP) is 2.84. The van der Waals surface area contributed by atoms with Crippen LogP contribution in [0.4, 0.5) is 24.5 Å². The molecule has 0 aliphatic carbocycles. The van der Waals surface area contributed by atoms with E-state index >= 15 is 0 Å². The minimum atomic E-state index is -5.01. The van der Waals surface area contributed by atoms with Crippen LogP contribution in [0.3, 0.4) is 0 Å². The Hall–Kier alpha value is -2.88. The Morgan fingerprint density at radius 2 is 1.38 bits per heavy atom. The highest BCUT2D eigenvalue weighted by molar-refractivity contribution is 7.90. The van der Waals surface area contributed by atoms with Crippen molar-refractivity contribution in [1.29, 1.82) is 0 Å². The largest absolute Gasteiger partial charge is 0.471 e. The SMILES string of the molecule is CS(=O)(=O)c1ccccc1C(=O)Nc1ccc(NC(=O)C(F)(F)F)cc1. The van der Waals surface area contributed by atoms with Gasteiger partial charge in [-0.1, -0.05) is 12.1 Å². The lowest BCUT2D eigenvalue weighted by Gasteiger charge is -2.10. The lowest BCUT2D eigenvalue weighted by atomic mass is 10.2. The molecule has 0 saturated heterocycles. The van der Waals surface area contributed by atoms with Crippen LogP contribution in [0.25, 0.3) is 0 Å². The third kappa shape index (κ3) is 4.82. The Morgan fingerprint density at radius 3 is 1.88 bits per heavy atom. The molecule has 0 saturated carbocycles. The molecule has 6 nitrogen and oxygen atoms in total. The molecule has 2 N–H and O–H groups in total. The smallest absolute Gasteiger partial charge is 0.322 e. The second kappa shape index (κ2) is 7.16. The summed E-state index contributed by atoms with van der Waals surface area (Å²) in [5, 5.41) is 4.11. The van der Waals surface area contributed by atoms with Crippen molar-refractivity contribution >= 4 is 33.0 Å². The van der Waals surface area contributed by atoms with Gasteiger partial charge in [0.05, 0.1) is 10.5 Å². The molecule has 0 bridgehead atoms. The third-order valence-corrected chi connectivity index (χ3v) is 4.34. The average Bonchev–Trinajstić information content (AvgIpc) is 2.55. The van der Waals surface area contributed by atoms with Gasteiger partial charge in [0, 0.05) is 17.6 Å². The van der Waals surface area contributed by atoms with Crippen molar-refractivity contribution in [3.8, 4) is 0 Å². The van der Waals surface area contributed by atoms with Crippen LogP contribution in [-0.2, 0) is 14.6 Å². The summed E-state index contributed by atoms with van der Waals surface area (Å²) in [6, 6.07) is 10.5. The Bertz CT molecular complexity index is 939. The molecule has 0 radical (unpaired) electrons. The number of rotatable bonds is 4. The van der Waals surface area contributed by atoms with Gasteiger partial charge in [-0.2, -0.15) is 13.2 Å². The molecule has 138 valence electrons. The molecular formula is C16H13F3N2O4S. The highest BCUT2D eigenvalue weighted by Crippen LogP contribution is 2.21. The van der Waals surface area contributed by atoms with Gasteiger partial charge >= 0.3 is 12.1 Å². The summed E-state index contributed by atoms with van der Waals surface area (Å²) in [7, 11) is -3.62. The predicted molar refractivity (Wildman–Crippen MR) is 88.6 cm³/mol. The number of hydrogen-bond acceptors (Lipinski definition) is 4. The van der Waals surface area contributed by atoms with Crippen molar-refractivity contribution in [1.82, 2.24) is 0 Å². The maximum atomic E-state index is 12.3. The summed E-state index contributed by atoms with van der Waals surface area (Å²) in [6.07, 6.45) is -4.04. The molecule has 2 aromatic carbocycles. The number of halogens is 3. The fourth-order valence-electron chi connectivity index (χ4n) is 2.01. The highest BCUT2D eigenvalue weighted by atomic mass is 32.2. The van der Waals surface area contributed by atoms with Crippen LogP contribution in [0.5, 0.6) is 0 Å². The number of benzene rings is 2. The summed E-state index contributed by atoms with van der Waals surface area (Å²) < 4.78 is 60.0. The van der Waals surface area contributed by atoms with E-state index in [1.165, 1.54) is 48.5 Å². The molecule has 0 fully saturated rings. The second-order valence-electron chi connectivity index (χ2n) is 5.25. The Morgan fingerprint density at radius 1 is 0.885 bits per heavy atom. The minimum absolute atomic E-state index is 0.0653. The summed E-state index contributed by atoms with van der Waals surface area (Å²) in [6.45, 7) is 0. The van der Waals surface area contributed by atoms with Crippen LogP contribution in [0, 0.1) is 0 Å². The van der Waals surface area contributed by atoms with Gasteiger partial charge in [-0.15, -0.1) is 0 Å². The lowest BCUT2D eigenvalue weighted by Crippen LogP contribution is -2.29. The van der Waals surface area contributed by atoms with Crippen LogP contribution >= 0.6 is 0 Å². The quantitative estimate of drug-likeness (QED) is 0.845. The summed E-state index contributed by atoms with van der Waals surface area (Å²) in [4.78, 5) is 23.0. The average molecular weight is 386 g/mol. The zero-order chi connectivity index (χ0) is 19.5. The molecule has 2 amide bonds. The van der Waals surface area contributed by atoms with E-state index in [-0.39, 0.29) is 21.8 Å². The molecule has 10 heteroatoms. The van der Waals surface area contributed by atoms with Gasteiger partial charge in [0.15, 0.2) is 9.84 Å². The standard InChI is InChI=1S/C16H13F3N2O4S/c1-26(24,25)13-5-3-2-4-12(13)14(22)20-10-6-8-11(9-7-10)21-15(23)16(17,18)19/h2-9H,1H3,(H,20,22)(H,21,23). The number of carbonyl (C=O) groups excluding carboxylic acids is 2. The third-order valence-electron chi connectivity index (χ3n) is 3.19. The van der Waals surface area contributed by atoms with Crippen molar-refractivity contribution in [3.63, 3.8) is 0 Å². The molecule has 0 unspecified atom stereocenters. The minimum Gasteiger partial charge on any atom is -0.322 e. The fourth-order valence-corrected chi connectivity index (χ4v) is 2.90. The Labute approximate surface area is 146 Å². The number of amides is 2. The monoisotopic (exact) mass is 386 g/mol. The first-order valence-corrected chi connectivity index (χ1v) is 8.96. The summed E-state index contributed by atoms with van der Waals surface area (Å²) in [5.41, 5.74) is 0.0367. The molecule has 0 aliphatic heterocycles. The van der Waals surface area contributed by atoms with E-state index < -0.39 is 27.8 Å². The van der Waals surface area contributed by atoms with Crippen LogP contribution in [-0.4, -0.2) is 32.7 Å². The summed E-state index contributed by atoms with van der Waals surface area (Å²) in [5.74, 6) is -2.81. The highest BCUT2D eigenvalue weighted by Gasteiger charge is 2.38. The number of anilines is 2. The van der Waals surface area contributed by atoms with Gasteiger partial charge in [0.25, 0.3) is 5.91 Å². The van der Waals surface area contributed by atoms with Gasteiger partial charge in [0.2, 0.25) is 0 Å². The van der Waals surface area contributed by atoms with Crippen molar-refractivity contribution in [2.24, 2.45) is 0 Å². The van der Waals surface area contributed by atoms with Crippen molar-refractivity contribution in [2.45, 2.75) is 11.1 Å². The van der Waals surface area contributed by atoms with Gasteiger partial charge in [0.1, 0.15) is 0 Å². The van der Waals surface area contributed by atoms with Crippen molar-refractivity contribution in [2.75, 3.05) is 16.9 Å². The first-order chi connectivity index (χ1) is 12.0. The number of sulfone groups is 1. The van der Waals surface area contributed by atoms with E-state index in [1.54, 1.807) is 5.32 Å². The molecule has 0 aliphatic rings. The first-order valence-electron chi connectivity index (χ1n) is 7.07. The van der Waals surface area contributed by atoms with E-state index in [9.17, 15) is 31.2 Å². The zero-order valence-corrected chi connectivity index (χ0v) is 14.1. The number of nitrogens with one attached hydrogen (secondary N) is 2. The Balaban J connectivity index is 2.15. The number of alkyl halides is 3. The van der Waals surface area contributed by atoms with E-state index in [2.05, 4.69) is 5.32 Å². The van der Waals surface area contributed by atoms with Crippen molar-refractivity contribution < 1.29 is 31.2 Å². The maximum Gasteiger partial charge on any atom is 0.471 e. The fraction of sp³-hybridized carbons (Fsp3) is 0.125. The lowest BCUT2D eigenvalue weighted by molar-refractivity contribution is -0.167. The zero-order valence-electron chi connectivity index (χ0n) is 13.3. The molecule has 0 heterocycles. The number of hydrogen-bond donors (Lipinski definition) is 2. The van der Waals surface area contributed by atoms with Crippen molar-refractivity contribution in [3.05, 3.63) is 54.1 Å². The molecule has 0 aromatic heterocycles. The van der Waals surface area contributed by atoms with Gasteiger partial charge < -0.3 is 10.6 Å². The Kier molecular flexibility index (Phi) is 5.36. The summed E-state index contributed by atoms with van der Waals surface area (Å²) >= 11 is 0. The van der Waals surface area contributed by atoms with Crippen LogP contribution < -0.4 is 10.6 Å². The van der Waals surface area contributed by atoms with Gasteiger partial charge in [-0.05, 0) is 36.4 Å². The van der Waals surface area contributed by atoms with E-state index in [1.807, 2.05) is 0 Å². The van der Waals surface area contributed by atoms with Crippen LogP contribution in [0.1, 0.15) is 10.4 Å². The van der Waals surface area contributed by atoms with E-state index in [0.717, 1.165) is 6.26 Å². The number of carbonyl (C=O) groups is 2. The van der Waals surface area contributed by atoms with E-state index in [0.29, 0.717) is 0 Å². The van der Waals surface area contributed by atoms with E-state index in [4.69, 9.17) is 0 Å². The molecule has 26 heavy (non-hydrogen) atoms. The second-order valence-corrected chi connectivity index (χ2v) is 7.24. The molecule has 0 spiro atoms. The molecular weight excluding hydrogens is 373 g/mol.